The van der Waals surface area contributed by atoms with E-state index >= 15 is 0 Å². The third-order valence-corrected chi connectivity index (χ3v) is 3.09. The predicted octanol–water partition coefficient (Wildman–Crippen LogP) is 0.653. The van der Waals surface area contributed by atoms with Crippen LogP contribution < -0.4 is 10.6 Å². The van der Waals surface area contributed by atoms with Crippen LogP contribution in [0.15, 0.2) is 0 Å². The van der Waals surface area contributed by atoms with Crippen LogP contribution in [0.25, 0.3) is 0 Å². The third kappa shape index (κ3) is 8.19. The second-order valence-corrected chi connectivity index (χ2v) is 5.37. The van der Waals surface area contributed by atoms with Crippen molar-refractivity contribution < 1.29 is 19.8 Å². The first-order chi connectivity index (χ1) is 8.30. The van der Waals surface area contributed by atoms with E-state index in [0.717, 1.165) is 12.2 Å². The average molecular weight is 278 g/mol. The Kier molecular flexibility index (Phi) is 7.77. The highest BCUT2D eigenvalue weighted by molar-refractivity contribution is 7.98. The standard InChI is InChI=1S/C11H22N2O4S/c1-4-8(6-18-3)13-10(16)12-7-11(2,17)5-9(14)15/h8,17H,4-7H2,1-3H3,(H,14,15)(H2,12,13,16). The summed E-state index contributed by atoms with van der Waals surface area (Å²) < 4.78 is 0. The van der Waals surface area contributed by atoms with Crippen LogP contribution in [0.1, 0.15) is 26.7 Å². The fourth-order valence-electron chi connectivity index (χ4n) is 1.36. The van der Waals surface area contributed by atoms with Gasteiger partial charge in [-0.05, 0) is 19.6 Å². The molecule has 0 aliphatic rings. The van der Waals surface area contributed by atoms with Crippen LogP contribution in [0.5, 0.6) is 0 Å². The van der Waals surface area contributed by atoms with Crippen molar-refractivity contribution in [2.45, 2.75) is 38.3 Å². The molecule has 0 saturated heterocycles. The fraction of sp³-hybridized carbons (Fsp3) is 0.818. The number of aliphatic carboxylic acids is 1. The number of carboxylic acid groups (broad SMARTS) is 1. The molecule has 0 spiro atoms. The zero-order valence-electron chi connectivity index (χ0n) is 11.0. The van der Waals surface area contributed by atoms with E-state index in [9.17, 15) is 14.7 Å². The molecule has 0 rings (SSSR count). The van der Waals surface area contributed by atoms with Gasteiger partial charge in [0, 0.05) is 18.3 Å². The van der Waals surface area contributed by atoms with E-state index in [0.29, 0.717) is 0 Å². The Balaban J connectivity index is 4.05. The van der Waals surface area contributed by atoms with Crippen molar-refractivity contribution in [2.24, 2.45) is 0 Å². The molecule has 2 atom stereocenters. The van der Waals surface area contributed by atoms with E-state index in [1.807, 2.05) is 13.2 Å². The molecule has 106 valence electrons. The minimum atomic E-state index is -1.44. The summed E-state index contributed by atoms with van der Waals surface area (Å²) in [6, 6.07) is -0.314. The number of carboxylic acids is 1. The Morgan fingerprint density at radius 1 is 1.44 bits per heavy atom. The van der Waals surface area contributed by atoms with Crippen LogP contribution in [0.3, 0.4) is 0 Å². The first kappa shape index (κ1) is 17.1. The number of nitrogens with one attached hydrogen (secondary N) is 2. The quantitative estimate of drug-likeness (QED) is 0.522. The molecular weight excluding hydrogens is 256 g/mol. The number of thioether (sulfide) groups is 1. The molecule has 0 aromatic rings. The number of carbonyl (C=O) groups excluding carboxylic acids is 1. The van der Waals surface area contributed by atoms with Crippen LogP contribution in [-0.2, 0) is 4.79 Å². The van der Waals surface area contributed by atoms with Gasteiger partial charge in [0.15, 0.2) is 0 Å². The summed E-state index contributed by atoms with van der Waals surface area (Å²) in [5.74, 6) is -0.286. The van der Waals surface area contributed by atoms with Gasteiger partial charge in [-0.2, -0.15) is 11.8 Å². The molecule has 0 fully saturated rings. The van der Waals surface area contributed by atoms with Crippen molar-refractivity contribution in [3.05, 3.63) is 0 Å². The number of urea groups is 1. The molecule has 4 N–H and O–H groups in total. The van der Waals surface area contributed by atoms with E-state index in [2.05, 4.69) is 10.6 Å². The smallest absolute Gasteiger partial charge is 0.315 e. The van der Waals surface area contributed by atoms with Crippen molar-refractivity contribution in [3.63, 3.8) is 0 Å². The van der Waals surface area contributed by atoms with E-state index in [1.54, 1.807) is 11.8 Å². The molecule has 0 heterocycles. The average Bonchev–Trinajstić information content (AvgIpc) is 2.24. The maximum atomic E-state index is 11.5. The number of hydrogen-bond acceptors (Lipinski definition) is 4. The second kappa shape index (κ2) is 8.20. The van der Waals surface area contributed by atoms with Gasteiger partial charge in [-0.1, -0.05) is 6.92 Å². The summed E-state index contributed by atoms with van der Waals surface area (Å²) in [5, 5.41) is 23.5. The molecule has 0 radical (unpaired) electrons. The van der Waals surface area contributed by atoms with E-state index in [-0.39, 0.29) is 18.6 Å². The van der Waals surface area contributed by atoms with E-state index in [1.165, 1.54) is 6.92 Å². The summed E-state index contributed by atoms with van der Waals surface area (Å²) >= 11 is 1.64. The third-order valence-electron chi connectivity index (χ3n) is 2.36. The van der Waals surface area contributed by atoms with Gasteiger partial charge in [-0.15, -0.1) is 0 Å². The minimum absolute atomic E-state index is 0.0735. The van der Waals surface area contributed by atoms with Gasteiger partial charge in [-0.25, -0.2) is 4.79 Å². The molecule has 0 aromatic carbocycles. The first-order valence-electron chi connectivity index (χ1n) is 5.78. The maximum absolute atomic E-state index is 11.5. The second-order valence-electron chi connectivity index (χ2n) is 4.45. The largest absolute Gasteiger partial charge is 0.481 e. The number of rotatable bonds is 8. The number of amides is 2. The Labute approximate surface area is 112 Å². The lowest BCUT2D eigenvalue weighted by Gasteiger charge is -2.23. The van der Waals surface area contributed by atoms with Crippen molar-refractivity contribution in [2.75, 3.05) is 18.6 Å². The molecule has 2 unspecified atom stereocenters. The van der Waals surface area contributed by atoms with Gasteiger partial charge in [-0.3, -0.25) is 4.79 Å². The monoisotopic (exact) mass is 278 g/mol. The Hall–Kier alpha value is -0.950. The highest BCUT2D eigenvalue weighted by Gasteiger charge is 2.25. The van der Waals surface area contributed by atoms with Gasteiger partial charge in [0.25, 0.3) is 0 Å². The topological polar surface area (TPSA) is 98.7 Å². The maximum Gasteiger partial charge on any atom is 0.315 e. The highest BCUT2D eigenvalue weighted by Crippen LogP contribution is 2.07. The lowest BCUT2D eigenvalue weighted by molar-refractivity contribution is -0.141. The van der Waals surface area contributed by atoms with Gasteiger partial charge in [0.2, 0.25) is 0 Å². The Morgan fingerprint density at radius 2 is 2.06 bits per heavy atom. The molecular formula is C11H22N2O4S. The Bertz CT molecular complexity index is 284. The molecule has 0 saturated carbocycles. The zero-order valence-corrected chi connectivity index (χ0v) is 11.8. The van der Waals surface area contributed by atoms with Gasteiger partial charge in [0.05, 0.1) is 12.0 Å². The molecule has 0 aliphatic carbocycles. The lowest BCUT2D eigenvalue weighted by Crippen LogP contribution is -2.48. The van der Waals surface area contributed by atoms with Crippen LogP contribution in [0, 0.1) is 0 Å². The van der Waals surface area contributed by atoms with Crippen LogP contribution >= 0.6 is 11.8 Å². The number of carbonyl (C=O) groups is 2. The van der Waals surface area contributed by atoms with Crippen molar-refractivity contribution in [3.8, 4) is 0 Å². The van der Waals surface area contributed by atoms with E-state index < -0.39 is 18.0 Å². The molecule has 0 aliphatic heterocycles. The zero-order chi connectivity index (χ0) is 14.2. The number of aliphatic hydroxyl groups is 1. The summed E-state index contributed by atoms with van der Waals surface area (Å²) in [5.41, 5.74) is -1.44. The SMILES string of the molecule is CCC(CSC)NC(=O)NCC(C)(O)CC(=O)O. The fourth-order valence-corrected chi connectivity index (χ4v) is 2.08. The predicted molar refractivity (Wildman–Crippen MR) is 71.9 cm³/mol. The molecule has 6 nitrogen and oxygen atoms in total. The number of hydrogen-bond donors (Lipinski definition) is 4. The van der Waals surface area contributed by atoms with Gasteiger partial charge in [0.1, 0.15) is 0 Å². The lowest BCUT2D eigenvalue weighted by atomic mass is 10.0. The summed E-state index contributed by atoms with van der Waals surface area (Å²) in [7, 11) is 0. The van der Waals surface area contributed by atoms with Crippen LogP contribution in [0.4, 0.5) is 4.79 Å². The van der Waals surface area contributed by atoms with Crippen molar-refractivity contribution >= 4 is 23.8 Å². The molecule has 0 bridgehead atoms. The molecule has 0 aromatic heterocycles. The van der Waals surface area contributed by atoms with Crippen molar-refractivity contribution in [1.29, 1.82) is 0 Å². The van der Waals surface area contributed by atoms with Gasteiger partial charge >= 0.3 is 12.0 Å². The minimum Gasteiger partial charge on any atom is -0.481 e. The summed E-state index contributed by atoms with van der Waals surface area (Å²) in [6.07, 6.45) is 2.37. The van der Waals surface area contributed by atoms with Crippen LogP contribution in [-0.4, -0.2) is 52.4 Å². The normalized spacial score (nSPS) is 15.6. The highest BCUT2D eigenvalue weighted by atomic mass is 32.2. The molecule has 2 amide bonds. The first-order valence-corrected chi connectivity index (χ1v) is 7.17. The van der Waals surface area contributed by atoms with Gasteiger partial charge < -0.3 is 20.8 Å². The molecule has 7 heteroatoms. The summed E-state index contributed by atoms with van der Waals surface area (Å²) in [4.78, 5) is 22.0. The Morgan fingerprint density at radius 3 is 2.50 bits per heavy atom. The van der Waals surface area contributed by atoms with Crippen LogP contribution in [0.2, 0.25) is 0 Å². The summed E-state index contributed by atoms with van der Waals surface area (Å²) in [6.45, 7) is 3.25. The van der Waals surface area contributed by atoms with Crippen molar-refractivity contribution in [1.82, 2.24) is 10.6 Å². The molecule has 18 heavy (non-hydrogen) atoms. The van der Waals surface area contributed by atoms with E-state index in [4.69, 9.17) is 5.11 Å².